The van der Waals surface area contributed by atoms with E-state index in [9.17, 15) is 5.11 Å². The van der Waals surface area contributed by atoms with Gasteiger partial charge in [0.05, 0.1) is 13.2 Å². The molecule has 3 rings (SSSR count). The van der Waals surface area contributed by atoms with E-state index < -0.39 is 0 Å². The van der Waals surface area contributed by atoms with Crippen molar-refractivity contribution in [2.24, 2.45) is 4.99 Å². The maximum Gasteiger partial charge on any atom is 0.191 e. The third-order valence-corrected chi connectivity index (χ3v) is 4.65. The Labute approximate surface area is 150 Å². The summed E-state index contributed by atoms with van der Waals surface area (Å²) in [7, 11) is 0. The van der Waals surface area contributed by atoms with Gasteiger partial charge in [-0.15, -0.1) is 0 Å². The van der Waals surface area contributed by atoms with Gasteiger partial charge in [-0.05, 0) is 24.5 Å². The van der Waals surface area contributed by atoms with Crippen molar-refractivity contribution in [3.8, 4) is 0 Å². The number of aliphatic hydroxyl groups excluding tert-OH is 1. The molecule has 0 aliphatic heterocycles. The highest BCUT2D eigenvalue weighted by Crippen LogP contribution is 2.40. The van der Waals surface area contributed by atoms with Crippen LogP contribution in [0.5, 0.6) is 0 Å². The molecule has 0 amide bonds. The monoisotopic (exact) mass is 337 g/mol. The van der Waals surface area contributed by atoms with E-state index >= 15 is 0 Å². The first-order valence-electron chi connectivity index (χ1n) is 9.07. The summed E-state index contributed by atoms with van der Waals surface area (Å²) in [6.45, 7) is 3.56. The molecule has 25 heavy (non-hydrogen) atoms. The smallest absolute Gasteiger partial charge is 0.191 e. The van der Waals surface area contributed by atoms with Gasteiger partial charge in [0, 0.05) is 24.4 Å². The SMILES string of the molecule is CCNC(=NCC(CO)c1ccccc1)NC1CC1c1ccccc1. The van der Waals surface area contributed by atoms with Crippen LogP contribution in [-0.4, -0.2) is 36.8 Å². The largest absolute Gasteiger partial charge is 0.396 e. The summed E-state index contributed by atoms with van der Waals surface area (Å²) in [5.41, 5.74) is 2.51. The van der Waals surface area contributed by atoms with E-state index in [1.54, 1.807) is 0 Å². The van der Waals surface area contributed by atoms with Crippen LogP contribution in [0.4, 0.5) is 0 Å². The number of guanidine groups is 1. The topological polar surface area (TPSA) is 56.7 Å². The molecule has 0 radical (unpaired) electrons. The lowest BCUT2D eigenvalue weighted by molar-refractivity contribution is 0.268. The highest BCUT2D eigenvalue weighted by atomic mass is 16.3. The Balaban J connectivity index is 1.60. The molecule has 4 heteroatoms. The Kier molecular flexibility index (Phi) is 6.07. The number of hydrogen-bond donors (Lipinski definition) is 3. The number of nitrogens with one attached hydrogen (secondary N) is 2. The van der Waals surface area contributed by atoms with Gasteiger partial charge in [-0.25, -0.2) is 0 Å². The maximum atomic E-state index is 9.70. The first-order valence-corrected chi connectivity index (χ1v) is 9.07. The second-order valence-corrected chi connectivity index (χ2v) is 6.51. The highest BCUT2D eigenvalue weighted by molar-refractivity contribution is 5.80. The van der Waals surface area contributed by atoms with E-state index in [0.29, 0.717) is 18.5 Å². The van der Waals surface area contributed by atoms with Gasteiger partial charge in [0.2, 0.25) is 0 Å². The summed E-state index contributed by atoms with van der Waals surface area (Å²) in [6, 6.07) is 21.1. The van der Waals surface area contributed by atoms with E-state index in [0.717, 1.165) is 24.5 Å². The van der Waals surface area contributed by atoms with Crippen molar-refractivity contribution in [2.45, 2.75) is 31.2 Å². The number of nitrogens with zero attached hydrogens (tertiary/aromatic N) is 1. The lowest BCUT2D eigenvalue weighted by atomic mass is 10.0. The maximum absolute atomic E-state index is 9.70. The molecule has 132 valence electrons. The van der Waals surface area contributed by atoms with Gasteiger partial charge in [-0.2, -0.15) is 0 Å². The minimum atomic E-state index is 0.0285. The van der Waals surface area contributed by atoms with Crippen molar-refractivity contribution in [1.29, 1.82) is 0 Å². The molecule has 4 nitrogen and oxygen atoms in total. The molecular weight excluding hydrogens is 310 g/mol. The van der Waals surface area contributed by atoms with Crippen LogP contribution in [0, 0.1) is 0 Å². The number of aliphatic hydroxyl groups is 1. The first-order chi connectivity index (χ1) is 12.3. The van der Waals surface area contributed by atoms with Crippen molar-refractivity contribution in [2.75, 3.05) is 19.7 Å². The van der Waals surface area contributed by atoms with Gasteiger partial charge in [0.1, 0.15) is 0 Å². The van der Waals surface area contributed by atoms with Gasteiger partial charge in [-0.3, -0.25) is 4.99 Å². The zero-order valence-corrected chi connectivity index (χ0v) is 14.7. The van der Waals surface area contributed by atoms with E-state index in [-0.39, 0.29) is 12.5 Å². The van der Waals surface area contributed by atoms with Crippen LogP contribution in [0.3, 0.4) is 0 Å². The number of aliphatic imine (C=N–C) groups is 1. The van der Waals surface area contributed by atoms with Crippen LogP contribution in [0.25, 0.3) is 0 Å². The van der Waals surface area contributed by atoms with Gasteiger partial charge in [0.25, 0.3) is 0 Å². The fraction of sp³-hybridized carbons (Fsp3) is 0.381. The Morgan fingerprint density at radius 2 is 1.80 bits per heavy atom. The molecular formula is C21H27N3O. The predicted molar refractivity (Wildman–Crippen MR) is 103 cm³/mol. The third kappa shape index (κ3) is 4.83. The van der Waals surface area contributed by atoms with Crippen LogP contribution in [0.1, 0.15) is 36.3 Å². The number of rotatable bonds is 7. The molecule has 0 bridgehead atoms. The molecule has 0 heterocycles. The molecule has 1 aliphatic rings. The van der Waals surface area contributed by atoms with Crippen LogP contribution in [0.15, 0.2) is 65.7 Å². The predicted octanol–water partition coefficient (Wildman–Crippen LogP) is 2.87. The van der Waals surface area contributed by atoms with E-state index in [1.807, 2.05) is 30.3 Å². The molecule has 3 unspecified atom stereocenters. The summed E-state index contributed by atoms with van der Waals surface area (Å²) in [5.74, 6) is 1.42. The molecule has 2 aromatic carbocycles. The lowest BCUT2D eigenvalue weighted by Gasteiger charge is -2.15. The molecule has 1 saturated carbocycles. The molecule has 3 N–H and O–H groups in total. The minimum absolute atomic E-state index is 0.0285. The Hall–Kier alpha value is -2.33. The summed E-state index contributed by atoms with van der Waals surface area (Å²) in [6.07, 6.45) is 1.14. The van der Waals surface area contributed by atoms with Crippen LogP contribution < -0.4 is 10.6 Å². The second kappa shape index (κ2) is 8.67. The van der Waals surface area contributed by atoms with Gasteiger partial charge in [0.15, 0.2) is 5.96 Å². The van der Waals surface area contributed by atoms with Gasteiger partial charge in [-0.1, -0.05) is 60.7 Å². The van der Waals surface area contributed by atoms with E-state index in [2.05, 4.69) is 47.9 Å². The van der Waals surface area contributed by atoms with Gasteiger partial charge < -0.3 is 15.7 Å². The second-order valence-electron chi connectivity index (χ2n) is 6.51. The lowest BCUT2D eigenvalue weighted by Crippen LogP contribution is -2.39. The average molecular weight is 337 g/mol. The van der Waals surface area contributed by atoms with E-state index in [1.165, 1.54) is 5.56 Å². The van der Waals surface area contributed by atoms with Crippen molar-refractivity contribution in [3.63, 3.8) is 0 Å². The first kappa shape index (κ1) is 17.5. The summed E-state index contributed by atoms with van der Waals surface area (Å²) >= 11 is 0. The summed E-state index contributed by atoms with van der Waals surface area (Å²) in [5, 5.41) is 16.5. The molecule has 3 atom stereocenters. The van der Waals surface area contributed by atoms with Crippen LogP contribution in [-0.2, 0) is 0 Å². The Morgan fingerprint density at radius 1 is 1.12 bits per heavy atom. The zero-order chi connectivity index (χ0) is 17.5. The third-order valence-electron chi connectivity index (χ3n) is 4.65. The normalized spacial score (nSPS) is 20.8. The van der Waals surface area contributed by atoms with E-state index in [4.69, 9.17) is 4.99 Å². The molecule has 1 fully saturated rings. The number of benzene rings is 2. The minimum Gasteiger partial charge on any atom is -0.396 e. The van der Waals surface area contributed by atoms with Crippen molar-refractivity contribution in [3.05, 3.63) is 71.8 Å². The molecule has 0 spiro atoms. The summed E-state index contributed by atoms with van der Waals surface area (Å²) in [4.78, 5) is 4.70. The molecule has 0 aromatic heterocycles. The Bertz CT molecular complexity index is 672. The number of hydrogen-bond acceptors (Lipinski definition) is 2. The summed E-state index contributed by atoms with van der Waals surface area (Å²) < 4.78 is 0. The Morgan fingerprint density at radius 3 is 2.44 bits per heavy atom. The van der Waals surface area contributed by atoms with Gasteiger partial charge >= 0.3 is 0 Å². The van der Waals surface area contributed by atoms with Crippen molar-refractivity contribution >= 4 is 5.96 Å². The van der Waals surface area contributed by atoms with Crippen molar-refractivity contribution < 1.29 is 5.11 Å². The molecule has 0 saturated heterocycles. The fourth-order valence-corrected chi connectivity index (χ4v) is 3.11. The standard InChI is InChI=1S/C21H27N3O/c1-2-22-21(23-14-18(15-25)16-9-5-3-6-10-16)24-20-13-19(20)17-11-7-4-8-12-17/h3-12,18-20,25H,2,13-15H2,1H3,(H2,22,23,24). The quantitative estimate of drug-likeness (QED) is 0.538. The fourth-order valence-electron chi connectivity index (χ4n) is 3.11. The average Bonchev–Trinajstić information content (AvgIpc) is 3.43. The molecule has 1 aliphatic carbocycles. The highest BCUT2D eigenvalue weighted by Gasteiger charge is 2.38. The zero-order valence-electron chi connectivity index (χ0n) is 14.7. The van der Waals surface area contributed by atoms with Crippen LogP contribution in [0.2, 0.25) is 0 Å². The molecule has 2 aromatic rings. The van der Waals surface area contributed by atoms with Crippen molar-refractivity contribution in [1.82, 2.24) is 10.6 Å². The van der Waals surface area contributed by atoms with Crippen LogP contribution >= 0.6 is 0 Å².